The molecule has 0 unspecified atom stereocenters. The zero-order valence-electron chi connectivity index (χ0n) is 16.7. The Morgan fingerprint density at radius 3 is 2.43 bits per heavy atom. The van der Waals surface area contributed by atoms with E-state index in [0.29, 0.717) is 5.92 Å². The molecule has 0 aliphatic heterocycles. The molecule has 0 saturated carbocycles. The summed E-state index contributed by atoms with van der Waals surface area (Å²) in [6.07, 6.45) is 1.04. The molecule has 0 radical (unpaired) electrons. The Hall–Kier alpha value is -2.73. The summed E-state index contributed by atoms with van der Waals surface area (Å²) in [7, 11) is 0. The van der Waals surface area contributed by atoms with Crippen LogP contribution in [-0.2, 0) is 6.54 Å². The normalized spacial score (nSPS) is 12.0. The van der Waals surface area contributed by atoms with Crippen molar-refractivity contribution in [3.63, 3.8) is 0 Å². The van der Waals surface area contributed by atoms with Crippen molar-refractivity contribution in [2.45, 2.75) is 40.7 Å². The molecule has 0 aliphatic carbocycles. The Labute approximate surface area is 169 Å². The number of aryl methyl sites for hydroxylation is 2. The number of nitrogens with zero attached hydrogens (tertiary/aromatic N) is 3. The number of hydrogen-bond acceptors (Lipinski definition) is 4. The molecular formula is C22H25N3O2S. The van der Waals surface area contributed by atoms with E-state index in [9.17, 15) is 10.1 Å². The van der Waals surface area contributed by atoms with Crippen molar-refractivity contribution in [2.24, 2.45) is 10.9 Å². The predicted octanol–water partition coefficient (Wildman–Crippen LogP) is 6.02. The highest BCUT2D eigenvalue weighted by Gasteiger charge is 2.11. The largest absolute Gasteiger partial charge is 0.316 e. The zero-order chi connectivity index (χ0) is 20.3. The first kappa shape index (κ1) is 20.0. The quantitative estimate of drug-likeness (QED) is 0.378. The monoisotopic (exact) mass is 395 g/mol. The lowest BCUT2D eigenvalue weighted by molar-refractivity contribution is -0.384. The van der Waals surface area contributed by atoms with E-state index in [1.807, 2.05) is 18.2 Å². The number of nitro groups is 1. The third-order valence-electron chi connectivity index (χ3n) is 4.82. The lowest BCUT2D eigenvalue weighted by Crippen LogP contribution is -2.17. The fourth-order valence-corrected chi connectivity index (χ4v) is 3.87. The molecule has 0 N–H and O–H groups in total. The highest BCUT2D eigenvalue weighted by Crippen LogP contribution is 2.24. The Morgan fingerprint density at radius 2 is 1.82 bits per heavy atom. The minimum atomic E-state index is -0.370. The summed E-state index contributed by atoms with van der Waals surface area (Å²) in [5, 5.41) is 13.0. The molecule has 3 rings (SSSR count). The van der Waals surface area contributed by atoms with Gasteiger partial charge in [0.25, 0.3) is 5.69 Å². The maximum absolute atomic E-state index is 10.9. The van der Waals surface area contributed by atoms with Gasteiger partial charge in [0.1, 0.15) is 0 Å². The van der Waals surface area contributed by atoms with E-state index in [0.717, 1.165) is 34.7 Å². The van der Waals surface area contributed by atoms with Crippen LogP contribution in [0.1, 0.15) is 31.4 Å². The smallest absolute Gasteiger partial charge is 0.269 e. The number of rotatable bonds is 6. The van der Waals surface area contributed by atoms with Crippen LogP contribution >= 0.6 is 11.3 Å². The van der Waals surface area contributed by atoms with Crippen molar-refractivity contribution in [1.29, 1.82) is 0 Å². The van der Waals surface area contributed by atoms with Gasteiger partial charge in [-0.25, -0.2) is 4.99 Å². The second-order valence-corrected chi connectivity index (χ2v) is 8.26. The summed E-state index contributed by atoms with van der Waals surface area (Å²) in [4.78, 5) is 16.4. The average molecular weight is 396 g/mol. The van der Waals surface area contributed by atoms with Crippen LogP contribution in [0.4, 0.5) is 11.4 Å². The maximum Gasteiger partial charge on any atom is 0.269 e. The molecule has 1 aromatic heterocycles. The Kier molecular flexibility index (Phi) is 6.09. The van der Waals surface area contributed by atoms with Crippen LogP contribution < -0.4 is 4.80 Å². The Bertz CT molecular complexity index is 1050. The van der Waals surface area contributed by atoms with Gasteiger partial charge in [0.05, 0.1) is 16.3 Å². The number of hydrogen-bond donors (Lipinski definition) is 0. The van der Waals surface area contributed by atoms with Gasteiger partial charge in [-0.15, -0.1) is 11.3 Å². The van der Waals surface area contributed by atoms with Crippen LogP contribution in [0.3, 0.4) is 0 Å². The molecule has 1 heterocycles. The average Bonchev–Trinajstić information content (AvgIpc) is 3.05. The number of thiazole rings is 1. The first-order valence-corrected chi connectivity index (χ1v) is 10.3. The van der Waals surface area contributed by atoms with Crippen molar-refractivity contribution in [2.75, 3.05) is 0 Å². The minimum Gasteiger partial charge on any atom is -0.316 e. The summed E-state index contributed by atoms with van der Waals surface area (Å²) >= 11 is 1.60. The molecule has 146 valence electrons. The number of aromatic nitrogens is 1. The van der Waals surface area contributed by atoms with Crippen molar-refractivity contribution < 1.29 is 4.92 Å². The first-order chi connectivity index (χ1) is 13.3. The lowest BCUT2D eigenvalue weighted by Gasteiger charge is -2.11. The summed E-state index contributed by atoms with van der Waals surface area (Å²) in [5.74, 6) is 0.576. The molecule has 28 heavy (non-hydrogen) atoms. The fraction of sp³-hybridized carbons (Fsp3) is 0.318. The molecule has 2 aromatic carbocycles. The minimum absolute atomic E-state index is 0.104. The van der Waals surface area contributed by atoms with E-state index in [4.69, 9.17) is 4.99 Å². The molecule has 0 amide bonds. The maximum atomic E-state index is 10.9. The molecule has 0 saturated heterocycles. The molecule has 6 heteroatoms. The van der Waals surface area contributed by atoms with Crippen LogP contribution in [0.2, 0.25) is 0 Å². The van der Waals surface area contributed by atoms with Gasteiger partial charge in [-0.1, -0.05) is 19.9 Å². The van der Waals surface area contributed by atoms with Gasteiger partial charge < -0.3 is 4.57 Å². The van der Waals surface area contributed by atoms with E-state index >= 15 is 0 Å². The standard InChI is InChI=1S/C22H25N3O2S/c1-15(2)11-12-24-21(18-6-9-20(10-7-18)25(26)27)14-28-22(24)23-19-8-5-16(3)17(4)13-19/h5-10,13-15H,11-12H2,1-4H3. The van der Waals surface area contributed by atoms with Crippen LogP contribution in [-0.4, -0.2) is 9.49 Å². The van der Waals surface area contributed by atoms with Gasteiger partial charge in [-0.3, -0.25) is 10.1 Å². The fourth-order valence-electron chi connectivity index (χ4n) is 2.91. The van der Waals surface area contributed by atoms with Crippen LogP contribution in [0, 0.1) is 29.9 Å². The molecular weight excluding hydrogens is 370 g/mol. The summed E-state index contributed by atoms with van der Waals surface area (Å²) in [6.45, 7) is 9.46. The predicted molar refractivity (Wildman–Crippen MR) is 115 cm³/mol. The summed E-state index contributed by atoms with van der Waals surface area (Å²) in [6, 6.07) is 13.0. The van der Waals surface area contributed by atoms with Crippen molar-refractivity contribution >= 4 is 22.7 Å². The van der Waals surface area contributed by atoms with Gasteiger partial charge in [-0.2, -0.15) is 0 Å². The Morgan fingerprint density at radius 1 is 1.11 bits per heavy atom. The van der Waals surface area contributed by atoms with Gasteiger partial charge in [0, 0.05) is 24.1 Å². The third-order valence-corrected chi connectivity index (χ3v) is 5.68. The van der Waals surface area contributed by atoms with Gasteiger partial charge >= 0.3 is 0 Å². The van der Waals surface area contributed by atoms with E-state index in [1.165, 1.54) is 11.1 Å². The zero-order valence-corrected chi connectivity index (χ0v) is 17.5. The number of non-ortho nitro benzene ring substituents is 1. The third kappa shape index (κ3) is 4.57. The Balaban J connectivity index is 2.06. The molecule has 3 aromatic rings. The highest BCUT2D eigenvalue weighted by atomic mass is 32.1. The van der Waals surface area contributed by atoms with Gasteiger partial charge in [0.2, 0.25) is 0 Å². The second kappa shape index (κ2) is 8.52. The molecule has 0 fully saturated rings. The SMILES string of the molecule is Cc1ccc(N=c2scc(-c3ccc([N+](=O)[O-])cc3)n2CCC(C)C)cc1C. The van der Waals surface area contributed by atoms with E-state index in [-0.39, 0.29) is 10.6 Å². The van der Waals surface area contributed by atoms with Gasteiger partial charge in [-0.05, 0) is 67.1 Å². The van der Waals surface area contributed by atoms with Crippen molar-refractivity contribution in [3.05, 3.63) is 73.9 Å². The second-order valence-electron chi connectivity index (χ2n) is 7.42. The van der Waals surface area contributed by atoms with E-state index < -0.39 is 0 Å². The number of benzene rings is 2. The summed E-state index contributed by atoms with van der Waals surface area (Å²) < 4.78 is 2.22. The van der Waals surface area contributed by atoms with Crippen LogP contribution in [0.25, 0.3) is 11.3 Å². The van der Waals surface area contributed by atoms with Crippen LogP contribution in [0.15, 0.2) is 52.8 Å². The van der Waals surface area contributed by atoms with E-state index in [1.54, 1.807) is 23.5 Å². The van der Waals surface area contributed by atoms with Crippen molar-refractivity contribution in [3.8, 4) is 11.3 Å². The van der Waals surface area contributed by atoms with E-state index in [2.05, 4.69) is 49.8 Å². The van der Waals surface area contributed by atoms with Gasteiger partial charge in [0.15, 0.2) is 4.80 Å². The number of nitro benzene ring substituents is 1. The first-order valence-electron chi connectivity index (χ1n) is 9.40. The highest BCUT2D eigenvalue weighted by molar-refractivity contribution is 7.07. The topological polar surface area (TPSA) is 60.4 Å². The molecule has 0 aliphatic rings. The van der Waals surface area contributed by atoms with Crippen molar-refractivity contribution in [1.82, 2.24) is 4.57 Å². The molecule has 0 bridgehead atoms. The summed E-state index contributed by atoms with van der Waals surface area (Å²) in [5.41, 5.74) is 5.54. The molecule has 0 atom stereocenters. The molecule has 5 nitrogen and oxygen atoms in total. The van der Waals surface area contributed by atoms with Crippen LogP contribution in [0.5, 0.6) is 0 Å². The molecule has 0 spiro atoms. The lowest BCUT2D eigenvalue weighted by atomic mass is 10.1.